The lowest BCUT2D eigenvalue weighted by atomic mass is 10.0. The first kappa shape index (κ1) is 41.2. The lowest BCUT2D eigenvalue weighted by Gasteiger charge is -2.38. The molecule has 8 heterocycles. The summed E-state index contributed by atoms with van der Waals surface area (Å²) >= 11 is 0. The van der Waals surface area contributed by atoms with E-state index >= 15 is 0 Å². The molecule has 6 aromatic rings. The molecular weight excluding hydrogens is 815 g/mol. The molecule has 1 amide bonds. The quantitative estimate of drug-likeness (QED) is 0.138. The number of hydrogen-bond donors (Lipinski definition) is 3. The number of H-pyrrole nitrogens is 2. The largest absolute Gasteiger partial charge is 0.354 e. The van der Waals surface area contributed by atoms with E-state index in [-0.39, 0.29) is 6.61 Å². The zero-order valence-corrected chi connectivity index (χ0v) is 37.1. The smallest absolute Gasteiger partial charge is 0.287 e. The highest BCUT2D eigenvalue weighted by Gasteiger charge is 2.71. The normalized spacial score (nSPS) is 22.4. The van der Waals surface area contributed by atoms with E-state index in [1.54, 1.807) is 13.8 Å². The number of hydrogen-bond acceptors (Lipinski definition) is 8. The van der Waals surface area contributed by atoms with Gasteiger partial charge in [0.2, 0.25) is 0 Å². The van der Waals surface area contributed by atoms with Crippen molar-refractivity contribution in [3.63, 3.8) is 0 Å². The Balaban J connectivity index is 1.07. The average molecular weight is 866 g/mol. The Morgan fingerprint density at radius 3 is 1.71 bits per heavy atom. The third kappa shape index (κ3) is 7.43. The molecule has 3 aromatic heterocycles. The van der Waals surface area contributed by atoms with Gasteiger partial charge < -0.3 is 39.0 Å². The summed E-state index contributed by atoms with van der Waals surface area (Å²) < 4.78 is 31.1. The molecule has 3 fully saturated rings. The zero-order valence-electron chi connectivity index (χ0n) is 37.1. The Morgan fingerprint density at radius 1 is 0.631 bits per heavy atom. The predicted octanol–water partition coefficient (Wildman–Crippen LogP) is 11.3. The fraction of sp³-hybridized carbons (Fsp3) is 0.278. The van der Waals surface area contributed by atoms with Crippen molar-refractivity contribution in [2.75, 3.05) is 11.9 Å². The number of aromatic nitrogens is 4. The van der Waals surface area contributed by atoms with Crippen molar-refractivity contribution in [3.05, 3.63) is 138 Å². The molecule has 5 aliphatic heterocycles. The topological polar surface area (TPSA) is 133 Å². The van der Waals surface area contributed by atoms with Gasteiger partial charge in [0.05, 0.1) is 29.4 Å². The number of nitrogens with zero attached hydrogens (tertiary/aromatic N) is 2. The minimum Gasteiger partial charge on any atom is -0.354 e. The van der Waals surface area contributed by atoms with Gasteiger partial charge in [-0.1, -0.05) is 86.1 Å². The van der Waals surface area contributed by atoms with Crippen LogP contribution in [0.4, 0.5) is 5.69 Å². The third-order valence-corrected chi connectivity index (χ3v) is 12.7. The minimum absolute atomic E-state index is 0.243. The Hall–Kier alpha value is -6.47. The standard InChI is InChI=1S/C54H51N5O6/c1-6-7-18-36-37-23-25-39(56-37)46(32-14-10-8-11-15-32)41-27-29-43(58-41)48(44-30-28-42(59-44)47(33-16-12-9-13-17-33)40-26-24-38(36)57-40)34-19-21-35(22-20-34)55-51(60)54-50(64-53(4,5)65-54)49-45(62-54)31-61-52(2,3)63-49/h8-17,19-30,45,49-50,58-59H,6-7,18,31H2,1-5H3,(H,55,60). The number of nitrogens with one attached hydrogen (secondary N) is 3. The number of benzene rings is 3. The van der Waals surface area contributed by atoms with Crippen molar-refractivity contribution < 1.29 is 28.5 Å². The van der Waals surface area contributed by atoms with Gasteiger partial charge in [0.1, 0.15) is 12.2 Å². The van der Waals surface area contributed by atoms with Crippen LogP contribution in [-0.4, -0.2) is 68.1 Å². The number of anilines is 1. The maximum atomic E-state index is 14.4. The molecule has 11 nitrogen and oxygen atoms in total. The van der Waals surface area contributed by atoms with Crippen LogP contribution < -0.4 is 5.32 Å². The van der Waals surface area contributed by atoms with Gasteiger partial charge in [-0.3, -0.25) is 4.79 Å². The summed E-state index contributed by atoms with van der Waals surface area (Å²) in [5, 5.41) is 3.08. The van der Waals surface area contributed by atoms with Crippen molar-refractivity contribution in [2.24, 2.45) is 0 Å². The highest BCUT2D eigenvalue weighted by molar-refractivity contribution is 6.01. The van der Waals surface area contributed by atoms with Gasteiger partial charge in [0.15, 0.2) is 17.7 Å². The summed E-state index contributed by atoms with van der Waals surface area (Å²) in [5.41, 5.74) is 14.9. The second kappa shape index (κ2) is 15.9. The van der Waals surface area contributed by atoms with E-state index in [1.165, 1.54) is 0 Å². The van der Waals surface area contributed by atoms with Crippen molar-refractivity contribution in [3.8, 4) is 33.4 Å². The summed E-state index contributed by atoms with van der Waals surface area (Å²) in [5.74, 6) is -4.16. The van der Waals surface area contributed by atoms with Crippen LogP contribution in [0, 0.1) is 0 Å². The van der Waals surface area contributed by atoms with Gasteiger partial charge in [0, 0.05) is 50.0 Å². The number of carbonyl (C=O) groups is 1. The number of amides is 1. The molecule has 0 spiro atoms. The van der Waals surface area contributed by atoms with Crippen LogP contribution in [0.3, 0.4) is 0 Å². The number of fused-ring (bicyclic) bond motifs is 11. The Kier molecular flexibility index (Phi) is 10.1. The second-order valence-electron chi connectivity index (χ2n) is 18.1. The number of carbonyl (C=O) groups excluding carboxylic acids is 1. The van der Waals surface area contributed by atoms with Gasteiger partial charge in [-0.2, -0.15) is 0 Å². The van der Waals surface area contributed by atoms with Gasteiger partial charge in [0.25, 0.3) is 11.7 Å². The van der Waals surface area contributed by atoms with E-state index in [2.05, 4.69) is 119 Å². The van der Waals surface area contributed by atoms with Gasteiger partial charge >= 0.3 is 0 Å². The Labute approximate surface area is 377 Å². The summed E-state index contributed by atoms with van der Waals surface area (Å²) in [6.07, 6.45) is 9.58. The van der Waals surface area contributed by atoms with Gasteiger partial charge in [-0.15, -0.1) is 0 Å². The van der Waals surface area contributed by atoms with Crippen molar-refractivity contribution in [2.45, 2.75) is 89.6 Å². The Bertz CT molecular complexity index is 2920. The van der Waals surface area contributed by atoms with Crippen LogP contribution in [0.5, 0.6) is 0 Å². The van der Waals surface area contributed by atoms with Gasteiger partial charge in [-0.25, -0.2) is 9.97 Å². The van der Waals surface area contributed by atoms with Crippen molar-refractivity contribution in [1.29, 1.82) is 0 Å². The first-order valence-electron chi connectivity index (χ1n) is 22.5. The van der Waals surface area contributed by atoms with Crippen LogP contribution in [0.15, 0.2) is 109 Å². The van der Waals surface area contributed by atoms with E-state index in [0.717, 1.165) is 103 Å². The van der Waals surface area contributed by atoms with Crippen LogP contribution in [0.2, 0.25) is 0 Å². The first-order chi connectivity index (χ1) is 31.5. The third-order valence-electron chi connectivity index (χ3n) is 12.7. The van der Waals surface area contributed by atoms with Crippen LogP contribution in [-0.2, 0) is 34.9 Å². The summed E-state index contributed by atoms with van der Waals surface area (Å²) in [6, 6.07) is 37.1. The number of aromatic amines is 2. The lowest BCUT2D eigenvalue weighted by molar-refractivity contribution is -0.324. The second-order valence-corrected chi connectivity index (χ2v) is 18.1. The highest BCUT2D eigenvalue weighted by atomic mass is 16.9. The van der Waals surface area contributed by atoms with E-state index in [1.807, 2.05) is 50.2 Å². The molecule has 0 saturated carbocycles. The minimum atomic E-state index is -1.73. The molecule has 11 rings (SSSR count). The maximum Gasteiger partial charge on any atom is 0.287 e. The van der Waals surface area contributed by atoms with Crippen LogP contribution in [0.1, 0.15) is 75.8 Å². The summed E-state index contributed by atoms with van der Waals surface area (Å²) in [6.45, 7) is 9.68. The van der Waals surface area contributed by atoms with E-state index in [9.17, 15) is 4.79 Å². The lowest BCUT2D eigenvalue weighted by Crippen LogP contribution is -2.53. The maximum absolute atomic E-state index is 14.4. The van der Waals surface area contributed by atoms with E-state index < -0.39 is 41.6 Å². The SMILES string of the molecule is CCCCc1c2nc(c(-c3ccccc3)c3ccc([nH]3)c(-c3ccc(NC(=O)C45OC6COC(C)(C)OC6C4OC(C)(C)O5)cc3)c3ccc([nH]3)c(-c3ccccc3)c3nc1C=C3)C=C2. The fourth-order valence-corrected chi connectivity index (χ4v) is 9.77. The molecular formula is C54H51N5O6. The van der Waals surface area contributed by atoms with Crippen molar-refractivity contribution >= 4 is 58.0 Å². The first-order valence-corrected chi connectivity index (χ1v) is 22.5. The molecule has 65 heavy (non-hydrogen) atoms. The molecule has 8 bridgehead atoms. The number of unbranched alkanes of at least 4 members (excludes halogenated alkanes) is 1. The number of ether oxygens (including phenoxy) is 5. The molecule has 3 aromatic carbocycles. The molecule has 5 aliphatic rings. The molecule has 3 saturated heterocycles. The Morgan fingerprint density at radius 2 is 1.15 bits per heavy atom. The molecule has 328 valence electrons. The van der Waals surface area contributed by atoms with Crippen LogP contribution >= 0.6 is 0 Å². The van der Waals surface area contributed by atoms with Crippen molar-refractivity contribution in [1.82, 2.24) is 19.9 Å². The average Bonchev–Trinajstić information content (AvgIpc) is 4.17. The number of rotatable bonds is 8. The van der Waals surface area contributed by atoms with Gasteiger partial charge in [-0.05, 0) is 118 Å². The molecule has 0 aliphatic carbocycles. The van der Waals surface area contributed by atoms with E-state index in [0.29, 0.717) is 5.69 Å². The monoisotopic (exact) mass is 865 g/mol. The highest BCUT2D eigenvalue weighted by Crippen LogP contribution is 2.49. The summed E-state index contributed by atoms with van der Waals surface area (Å²) in [4.78, 5) is 32.7. The van der Waals surface area contributed by atoms with Crippen LogP contribution in [0.25, 0.3) is 79.8 Å². The predicted molar refractivity (Wildman–Crippen MR) is 255 cm³/mol. The molecule has 4 unspecified atom stereocenters. The summed E-state index contributed by atoms with van der Waals surface area (Å²) in [7, 11) is 0. The molecule has 4 atom stereocenters. The fourth-order valence-electron chi connectivity index (χ4n) is 9.77. The molecule has 3 N–H and O–H groups in total. The molecule has 0 radical (unpaired) electrons. The van der Waals surface area contributed by atoms with E-state index in [4.69, 9.17) is 33.7 Å². The zero-order chi connectivity index (χ0) is 44.5. The molecule has 11 heteroatoms.